The Morgan fingerprint density at radius 1 is 0.700 bits per heavy atom. The van der Waals surface area contributed by atoms with Crippen LogP contribution < -0.4 is 10.4 Å². The second kappa shape index (κ2) is 10.7. The highest BCUT2D eigenvalue weighted by Crippen LogP contribution is 2.70. The van der Waals surface area contributed by atoms with E-state index < -0.39 is 0 Å². The molecule has 1 aromatic rings. The van der Waals surface area contributed by atoms with E-state index in [-0.39, 0.29) is 5.57 Å². The van der Waals surface area contributed by atoms with Crippen molar-refractivity contribution >= 4 is 104 Å². The van der Waals surface area contributed by atoms with Crippen molar-refractivity contribution < 1.29 is 0 Å². The van der Waals surface area contributed by atoms with Crippen LogP contribution in [-0.4, -0.2) is 11.5 Å². The maximum atomic E-state index is 9.03. The van der Waals surface area contributed by atoms with Gasteiger partial charge in [-0.3, -0.25) is 0 Å². The molecule has 0 saturated carbocycles. The van der Waals surface area contributed by atoms with Gasteiger partial charge in [0.2, 0.25) is 0 Å². The first-order valence-corrected chi connectivity index (χ1v) is 15.7. The number of nitriles is 2. The van der Waals surface area contributed by atoms with E-state index in [0.717, 1.165) is 16.7 Å². The van der Waals surface area contributed by atoms with Crippen molar-refractivity contribution in [2.24, 2.45) is 0 Å². The maximum absolute atomic E-state index is 9.03. The van der Waals surface area contributed by atoms with Crippen LogP contribution in [0.25, 0.3) is 9.81 Å². The minimum Gasteiger partial charge on any atom is -0.192 e. The molecule has 0 unspecified atom stereocenters. The lowest BCUT2D eigenvalue weighted by Crippen LogP contribution is -2.10. The van der Waals surface area contributed by atoms with E-state index in [9.17, 15) is 0 Å². The molecule has 2 nitrogen and oxygen atoms in total. The van der Waals surface area contributed by atoms with E-state index in [2.05, 4.69) is 13.8 Å². The van der Waals surface area contributed by atoms with Gasteiger partial charge in [-0.15, -0.1) is 23.5 Å². The number of rotatable bonds is 4. The van der Waals surface area contributed by atoms with Crippen LogP contribution in [0.5, 0.6) is 0 Å². The molecule has 1 aromatic carbocycles. The summed E-state index contributed by atoms with van der Waals surface area (Å²) < 4.78 is 9.76. The van der Waals surface area contributed by atoms with Crippen molar-refractivity contribution in [2.45, 2.75) is 13.8 Å². The Balaban J connectivity index is 1.50. The summed E-state index contributed by atoms with van der Waals surface area (Å²) in [5.41, 5.74) is 0.155. The normalized spacial score (nSPS) is 18.2. The highest BCUT2D eigenvalue weighted by Gasteiger charge is 2.34. The zero-order chi connectivity index (χ0) is 21.1. The third-order valence-electron chi connectivity index (χ3n) is 3.80. The van der Waals surface area contributed by atoms with Crippen molar-refractivity contribution in [3.63, 3.8) is 0 Å². The number of hydrogen-bond acceptors (Lipinski definition) is 10. The van der Waals surface area contributed by atoms with E-state index >= 15 is 0 Å². The average molecular weight is 539 g/mol. The van der Waals surface area contributed by atoms with E-state index in [1.807, 2.05) is 130 Å². The topological polar surface area (TPSA) is 47.6 Å². The molecule has 10 heteroatoms. The van der Waals surface area contributed by atoms with Gasteiger partial charge >= 0.3 is 0 Å². The summed E-state index contributed by atoms with van der Waals surface area (Å²) in [5, 5.41) is 19.9. The van der Waals surface area contributed by atoms with Gasteiger partial charge in [-0.25, -0.2) is 0 Å². The fourth-order valence-corrected chi connectivity index (χ4v) is 14.8. The van der Waals surface area contributed by atoms with Gasteiger partial charge in [-0.05, 0) is 16.7 Å². The quantitative estimate of drug-likeness (QED) is 0.391. The molecule has 0 aromatic heterocycles. The minimum absolute atomic E-state index is 0.155. The summed E-state index contributed by atoms with van der Waals surface area (Å²) in [7, 11) is 0. The molecule has 3 aliphatic rings. The molecule has 152 valence electrons. The first kappa shape index (κ1) is 23.1. The van der Waals surface area contributed by atoms with Crippen LogP contribution in [0.1, 0.15) is 13.8 Å². The molecule has 0 fully saturated rings. The fourth-order valence-electron chi connectivity index (χ4n) is 2.51. The lowest BCUT2D eigenvalue weighted by molar-refractivity contribution is 1.48. The lowest BCUT2D eigenvalue weighted by Gasteiger charge is -2.05. The Hall–Kier alpha value is -0.0400. The molecule has 0 bridgehead atoms. The summed E-state index contributed by atoms with van der Waals surface area (Å²) in [6, 6.07) is 11.6. The van der Waals surface area contributed by atoms with Crippen LogP contribution in [0.4, 0.5) is 0 Å². The Morgan fingerprint density at radius 2 is 1.13 bits per heavy atom. The van der Waals surface area contributed by atoms with Crippen molar-refractivity contribution in [1.29, 1.82) is 10.5 Å². The van der Waals surface area contributed by atoms with E-state index in [4.69, 9.17) is 10.5 Å². The predicted molar refractivity (Wildman–Crippen MR) is 147 cm³/mol. The standard InChI is InChI=1S/C20H14N2S8/c1-3-23-15-16(24-4-2)28-19(27-15)20-29-17-18(30-20)26-14(25-17)12-7-5-11(6-8-12)13(9-21)10-22/h5-8H,3-4H2,1-2H3. The van der Waals surface area contributed by atoms with Crippen molar-refractivity contribution in [3.8, 4) is 12.1 Å². The molecule has 0 aliphatic carbocycles. The minimum atomic E-state index is 0.155. The molecule has 3 heterocycles. The average Bonchev–Trinajstić information content (AvgIpc) is 3.44. The smallest absolute Gasteiger partial charge is 0.136 e. The molecule has 4 rings (SSSR count). The van der Waals surface area contributed by atoms with Gasteiger partial charge in [0, 0.05) is 5.22 Å². The highest BCUT2D eigenvalue weighted by atomic mass is 32.3. The van der Waals surface area contributed by atoms with E-state index in [1.54, 1.807) is 0 Å². The maximum Gasteiger partial charge on any atom is 0.136 e. The van der Waals surface area contributed by atoms with E-state index in [0.29, 0.717) is 5.22 Å². The summed E-state index contributed by atoms with van der Waals surface area (Å²) in [6.07, 6.45) is 0. The second-order valence-electron chi connectivity index (χ2n) is 5.67. The SMILES string of the molecule is CCSC1=C(SCC)SC(=C2SC3=C(S2)SC(=c2ccc(=C(C#N)C#N)cc2)S3)S1. The molecule has 0 amide bonds. The van der Waals surface area contributed by atoms with Gasteiger partial charge in [0.05, 0.1) is 29.7 Å². The molecule has 0 radical (unpaired) electrons. The monoisotopic (exact) mass is 538 g/mol. The first-order valence-electron chi connectivity index (χ1n) is 8.87. The summed E-state index contributed by atoms with van der Waals surface area (Å²) in [6.45, 7) is 4.43. The highest BCUT2D eigenvalue weighted by molar-refractivity contribution is 8.52. The molecule has 0 saturated heterocycles. The lowest BCUT2D eigenvalue weighted by atomic mass is 10.2. The molecule has 0 N–H and O–H groups in total. The van der Waals surface area contributed by atoms with Crippen LogP contribution in [-0.2, 0) is 0 Å². The van der Waals surface area contributed by atoms with Gasteiger partial charge in [0.25, 0.3) is 0 Å². The van der Waals surface area contributed by atoms with E-state index in [1.165, 1.54) is 29.7 Å². The van der Waals surface area contributed by atoms with Gasteiger partial charge in [-0.1, -0.05) is 109 Å². The van der Waals surface area contributed by atoms with Gasteiger partial charge in [0.15, 0.2) is 0 Å². The van der Waals surface area contributed by atoms with Gasteiger partial charge < -0.3 is 0 Å². The fraction of sp³-hybridized carbons (Fsp3) is 0.200. The number of hydrogen-bond donors (Lipinski definition) is 0. The van der Waals surface area contributed by atoms with Gasteiger partial charge in [-0.2, -0.15) is 10.5 Å². The Kier molecular flexibility index (Phi) is 8.26. The Labute approximate surface area is 210 Å². The zero-order valence-electron chi connectivity index (χ0n) is 15.9. The van der Waals surface area contributed by atoms with Gasteiger partial charge in [0.1, 0.15) is 17.7 Å². The van der Waals surface area contributed by atoms with Crippen LogP contribution in [0.3, 0.4) is 0 Å². The van der Waals surface area contributed by atoms with Crippen LogP contribution >= 0.6 is 94.1 Å². The molecule has 0 atom stereocenters. The zero-order valence-corrected chi connectivity index (χ0v) is 22.4. The van der Waals surface area contributed by atoms with Crippen molar-refractivity contribution in [1.82, 2.24) is 0 Å². The molecule has 0 spiro atoms. The van der Waals surface area contributed by atoms with Crippen LogP contribution in [0, 0.1) is 22.7 Å². The molecular weight excluding hydrogens is 525 g/mol. The summed E-state index contributed by atoms with van der Waals surface area (Å²) >= 11 is 15.3. The van der Waals surface area contributed by atoms with Crippen molar-refractivity contribution in [2.75, 3.05) is 11.5 Å². The third kappa shape index (κ3) is 4.97. The predicted octanol–water partition coefficient (Wildman–Crippen LogP) is 7.28. The summed E-state index contributed by atoms with van der Waals surface area (Å²) in [4.78, 5) is 0. The number of benzene rings is 1. The molecular formula is C20H14N2S8. The molecule has 30 heavy (non-hydrogen) atoms. The molecule has 3 aliphatic heterocycles. The van der Waals surface area contributed by atoms with Crippen LogP contribution in [0.2, 0.25) is 0 Å². The number of thioether (sulfide) groups is 8. The Bertz CT molecular complexity index is 1120. The van der Waals surface area contributed by atoms with Crippen molar-refractivity contribution in [3.05, 3.63) is 60.1 Å². The first-order chi connectivity index (χ1) is 14.7. The summed E-state index contributed by atoms with van der Waals surface area (Å²) in [5.74, 6) is 2.22. The Morgan fingerprint density at radius 3 is 1.57 bits per heavy atom. The van der Waals surface area contributed by atoms with Crippen LogP contribution in [0.15, 0.2) is 49.7 Å². The third-order valence-corrected chi connectivity index (χ3v) is 15.3. The number of nitrogens with zero attached hydrogens (tertiary/aromatic N) is 2. The largest absolute Gasteiger partial charge is 0.192 e. The second-order valence-corrected chi connectivity index (χ2v) is 16.1.